The SMILES string of the molecule is CC1CC(c2ccncc2NC(=O)c2ccc(F)c(-c3c(F)cccc3F)n2)CC(NC(=O)OC(C)(C)C)C1n1ccnn1. The fourth-order valence-electron chi connectivity index (χ4n) is 5.73. The first kappa shape index (κ1) is 30.6. The van der Waals surface area contributed by atoms with Gasteiger partial charge in [0.2, 0.25) is 0 Å². The van der Waals surface area contributed by atoms with Gasteiger partial charge < -0.3 is 15.4 Å². The van der Waals surface area contributed by atoms with E-state index in [1.54, 1.807) is 50.1 Å². The number of hydrogen-bond acceptors (Lipinski definition) is 7. The summed E-state index contributed by atoms with van der Waals surface area (Å²) in [6.45, 7) is 7.40. The number of aromatic nitrogens is 5. The van der Waals surface area contributed by atoms with E-state index >= 15 is 0 Å². The second-order valence-corrected chi connectivity index (χ2v) is 11.8. The number of hydrogen-bond donors (Lipinski definition) is 2. The van der Waals surface area contributed by atoms with Gasteiger partial charge in [-0.05, 0) is 81.3 Å². The maximum atomic E-state index is 14.6. The van der Waals surface area contributed by atoms with E-state index in [1.165, 1.54) is 6.20 Å². The van der Waals surface area contributed by atoms with Gasteiger partial charge in [0.1, 0.15) is 34.4 Å². The molecule has 0 spiro atoms. The Bertz CT molecular complexity index is 1640. The van der Waals surface area contributed by atoms with Gasteiger partial charge in [-0.25, -0.2) is 27.6 Å². The highest BCUT2D eigenvalue weighted by molar-refractivity contribution is 6.03. The highest BCUT2D eigenvalue weighted by Gasteiger charge is 2.40. The molecule has 2 amide bonds. The molecule has 4 unspecified atom stereocenters. The smallest absolute Gasteiger partial charge is 0.407 e. The molecule has 230 valence electrons. The number of rotatable bonds is 6. The molecule has 10 nitrogen and oxygen atoms in total. The largest absolute Gasteiger partial charge is 0.444 e. The Morgan fingerprint density at radius 3 is 2.43 bits per heavy atom. The van der Waals surface area contributed by atoms with E-state index in [-0.39, 0.29) is 23.6 Å². The van der Waals surface area contributed by atoms with Crippen molar-refractivity contribution in [2.45, 2.75) is 64.1 Å². The van der Waals surface area contributed by atoms with Crippen LogP contribution in [0.2, 0.25) is 0 Å². The second kappa shape index (κ2) is 12.4. The van der Waals surface area contributed by atoms with Crippen molar-refractivity contribution in [3.63, 3.8) is 0 Å². The molecule has 1 aliphatic carbocycles. The van der Waals surface area contributed by atoms with Crippen molar-refractivity contribution in [1.29, 1.82) is 0 Å². The van der Waals surface area contributed by atoms with E-state index in [2.05, 4.69) is 30.9 Å². The zero-order valence-electron chi connectivity index (χ0n) is 24.6. The van der Waals surface area contributed by atoms with Crippen LogP contribution in [-0.4, -0.2) is 48.6 Å². The van der Waals surface area contributed by atoms with E-state index in [0.717, 1.165) is 35.9 Å². The third kappa shape index (κ3) is 6.71. The number of carbonyl (C=O) groups excluding carboxylic acids is 2. The van der Waals surface area contributed by atoms with Crippen LogP contribution < -0.4 is 10.6 Å². The summed E-state index contributed by atoms with van der Waals surface area (Å²) in [4.78, 5) is 34.3. The summed E-state index contributed by atoms with van der Waals surface area (Å²) < 4.78 is 50.7. The minimum absolute atomic E-state index is 0.0177. The molecule has 44 heavy (non-hydrogen) atoms. The van der Waals surface area contributed by atoms with Gasteiger partial charge in [-0.15, -0.1) is 5.10 Å². The molecule has 2 N–H and O–H groups in total. The number of benzene rings is 1. The van der Waals surface area contributed by atoms with Crippen molar-refractivity contribution < 1.29 is 27.5 Å². The molecule has 1 aliphatic rings. The van der Waals surface area contributed by atoms with Crippen LogP contribution in [0.5, 0.6) is 0 Å². The van der Waals surface area contributed by atoms with Gasteiger partial charge in [0.25, 0.3) is 5.91 Å². The number of halogens is 3. The minimum atomic E-state index is -1.01. The van der Waals surface area contributed by atoms with Gasteiger partial charge in [0.15, 0.2) is 0 Å². The van der Waals surface area contributed by atoms with Crippen molar-refractivity contribution in [2.75, 3.05) is 5.32 Å². The molecule has 0 bridgehead atoms. The lowest BCUT2D eigenvalue weighted by Gasteiger charge is -2.41. The number of ether oxygens (including phenoxy) is 1. The number of nitrogens with zero attached hydrogens (tertiary/aromatic N) is 5. The summed E-state index contributed by atoms with van der Waals surface area (Å²) in [7, 11) is 0. The summed E-state index contributed by atoms with van der Waals surface area (Å²) >= 11 is 0. The lowest BCUT2D eigenvalue weighted by Crippen LogP contribution is -2.49. The maximum absolute atomic E-state index is 14.6. The molecular formula is C31H32F3N7O3. The molecule has 1 fully saturated rings. The van der Waals surface area contributed by atoms with Gasteiger partial charge in [-0.3, -0.25) is 9.78 Å². The Labute approximate surface area is 252 Å². The highest BCUT2D eigenvalue weighted by Crippen LogP contribution is 2.43. The number of pyridine rings is 2. The van der Waals surface area contributed by atoms with Crippen molar-refractivity contribution in [1.82, 2.24) is 30.3 Å². The Morgan fingerprint density at radius 1 is 1.00 bits per heavy atom. The zero-order valence-corrected chi connectivity index (χ0v) is 24.6. The fraction of sp³-hybridized carbons (Fsp3) is 0.355. The lowest BCUT2D eigenvalue weighted by molar-refractivity contribution is 0.0438. The summed E-state index contributed by atoms with van der Waals surface area (Å²) in [5.41, 5.74) is -1.07. The molecule has 3 heterocycles. The summed E-state index contributed by atoms with van der Waals surface area (Å²) in [5, 5.41) is 13.9. The summed E-state index contributed by atoms with van der Waals surface area (Å²) in [5.74, 6) is -3.82. The Morgan fingerprint density at radius 2 is 1.75 bits per heavy atom. The van der Waals surface area contributed by atoms with Crippen LogP contribution in [0.25, 0.3) is 11.3 Å². The van der Waals surface area contributed by atoms with Gasteiger partial charge in [0, 0.05) is 12.4 Å². The van der Waals surface area contributed by atoms with Gasteiger partial charge in [-0.2, -0.15) is 0 Å². The highest BCUT2D eigenvalue weighted by atomic mass is 19.1. The molecule has 1 saturated carbocycles. The first-order valence-electron chi connectivity index (χ1n) is 14.1. The molecule has 1 aromatic carbocycles. The predicted octanol–water partition coefficient (Wildman–Crippen LogP) is 6.05. The molecule has 13 heteroatoms. The van der Waals surface area contributed by atoms with Gasteiger partial charge >= 0.3 is 6.09 Å². The topological polar surface area (TPSA) is 124 Å². The van der Waals surface area contributed by atoms with Gasteiger partial charge in [-0.1, -0.05) is 18.2 Å². The number of alkyl carbamates (subject to hydrolysis) is 1. The standard InChI is InChI=1S/C31H32F3N7O3/c1-17-14-18(15-24(28(17)41-13-12-36-40-41)39-30(43)44-31(2,3)4)19-10-11-35-16-25(19)38-29(42)23-9-8-22(34)27(37-23)26-20(32)6-5-7-21(26)33/h5-13,16-18,24,28H,14-15H2,1-4H3,(H,38,42)(H,39,43). The van der Waals surface area contributed by atoms with E-state index in [4.69, 9.17) is 4.74 Å². The van der Waals surface area contributed by atoms with Crippen LogP contribution in [0.1, 0.15) is 68.5 Å². The Kier molecular flexibility index (Phi) is 8.66. The molecule has 5 rings (SSSR count). The summed E-state index contributed by atoms with van der Waals surface area (Å²) in [6, 6.07) is 6.37. The van der Waals surface area contributed by atoms with Crippen LogP contribution >= 0.6 is 0 Å². The number of anilines is 1. The van der Waals surface area contributed by atoms with Crippen molar-refractivity contribution >= 4 is 17.7 Å². The third-order valence-electron chi connectivity index (χ3n) is 7.46. The number of amides is 2. The Balaban J connectivity index is 1.41. The molecule has 0 saturated heterocycles. The van der Waals surface area contributed by atoms with E-state index in [0.29, 0.717) is 18.5 Å². The second-order valence-electron chi connectivity index (χ2n) is 11.8. The van der Waals surface area contributed by atoms with Crippen LogP contribution in [0.3, 0.4) is 0 Å². The van der Waals surface area contributed by atoms with Gasteiger partial charge in [0.05, 0.1) is 35.7 Å². The van der Waals surface area contributed by atoms with Crippen molar-refractivity contribution in [3.8, 4) is 11.3 Å². The average Bonchev–Trinajstić information content (AvgIpc) is 3.47. The molecule has 0 radical (unpaired) electrons. The number of nitrogens with one attached hydrogen (secondary N) is 2. The molecule has 4 atom stereocenters. The van der Waals surface area contributed by atoms with E-state index in [9.17, 15) is 22.8 Å². The quantitative estimate of drug-likeness (QED) is 0.273. The van der Waals surface area contributed by atoms with Crippen molar-refractivity contribution in [2.24, 2.45) is 5.92 Å². The van der Waals surface area contributed by atoms with Crippen molar-refractivity contribution in [3.05, 3.63) is 89.9 Å². The Hall–Kier alpha value is -4.81. The predicted molar refractivity (Wildman–Crippen MR) is 155 cm³/mol. The van der Waals surface area contributed by atoms with Crippen LogP contribution in [-0.2, 0) is 4.74 Å². The average molecular weight is 608 g/mol. The van der Waals surface area contributed by atoms with E-state index < -0.39 is 52.4 Å². The molecule has 3 aromatic heterocycles. The monoisotopic (exact) mass is 607 g/mol. The van der Waals surface area contributed by atoms with Crippen LogP contribution in [0, 0.1) is 23.4 Å². The first-order chi connectivity index (χ1) is 20.9. The maximum Gasteiger partial charge on any atom is 0.407 e. The minimum Gasteiger partial charge on any atom is -0.444 e. The summed E-state index contributed by atoms with van der Waals surface area (Å²) in [6.07, 6.45) is 7.01. The molecule has 4 aromatic rings. The fourth-order valence-corrected chi connectivity index (χ4v) is 5.73. The molecular weight excluding hydrogens is 575 g/mol. The number of carbonyl (C=O) groups is 2. The van der Waals surface area contributed by atoms with Crippen LogP contribution in [0.15, 0.2) is 61.2 Å². The first-order valence-corrected chi connectivity index (χ1v) is 14.1. The molecule has 0 aliphatic heterocycles. The zero-order chi connectivity index (χ0) is 31.6. The van der Waals surface area contributed by atoms with Crippen LogP contribution in [0.4, 0.5) is 23.7 Å². The normalized spacial score (nSPS) is 20.2. The lowest BCUT2D eigenvalue weighted by atomic mass is 9.73. The third-order valence-corrected chi connectivity index (χ3v) is 7.46. The van der Waals surface area contributed by atoms with E-state index in [1.807, 2.05) is 6.92 Å².